The van der Waals surface area contributed by atoms with E-state index >= 15 is 0 Å². The topological polar surface area (TPSA) is 162 Å². The van der Waals surface area contributed by atoms with Gasteiger partial charge in [0.1, 0.15) is 34.7 Å². The third-order valence-corrected chi connectivity index (χ3v) is 6.31. The Hall–Kier alpha value is -3.43. The second kappa shape index (κ2) is 6.53. The van der Waals surface area contributed by atoms with Gasteiger partial charge < -0.3 is 30.3 Å². The Labute approximate surface area is 175 Å². The van der Waals surface area contributed by atoms with Crippen molar-refractivity contribution in [1.82, 2.24) is 0 Å². The molecule has 0 spiro atoms. The van der Waals surface area contributed by atoms with E-state index in [-0.39, 0.29) is 39.6 Å². The van der Waals surface area contributed by atoms with Crippen LogP contribution in [0.3, 0.4) is 0 Å². The van der Waals surface area contributed by atoms with Crippen molar-refractivity contribution in [2.24, 2.45) is 5.92 Å². The quantitative estimate of drug-likeness (QED) is 0.445. The Kier molecular flexibility index (Phi) is 4.39. The van der Waals surface area contributed by atoms with Gasteiger partial charge in [-0.05, 0) is 43.4 Å². The first-order valence-corrected chi connectivity index (χ1v) is 9.45. The van der Waals surface area contributed by atoms with E-state index in [9.17, 15) is 39.9 Å². The van der Waals surface area contributed by atoms with Crippen LogP contribution in [-0.4, -0.2) is 61.7 Å². The maximum absolute atomic E-state index is 13.4. The second-order valence-corrected chi connectivity index (χ2v) is 7.93. The molecular weight excluding hydrogens is 408 g/mol. The third kappa shape index (κ3) is 2.47. The standard InChI is InChI=1S/C22H20O9/c1-7-12(24)6-10-4-9-5-11-19(31-3)18(27)13(8(2)23)20(28)22(11,30)21(29)15(9)17(26)14(10)16(7)25/h4,6,11,19,24-26,28,30H,5H2,1-3H3. The van der Waals surface area contributed by atoms with Crippen LogP contribution in [0.1, 0.15) is 28.4 Å². The number of fused-ring (bicyclic) bond motifs is 3. The largest absolute Gasteiger partial charge is 0.508 e. The van der Waals surface area contributed by atoms with E-state index in [2.05, 4.69) is 0 Å². The highest BCUT2D eigenvalue weighted by molar-refractivity contribution is 6.25. The first kappa shape index (κ1) is 20.8. The highest BCUT2D eigenvalue weighted by atomic mass is 16.5. The third-order valence-electron chi connectivity index (χ3n) is 6.31. The molecule has 2 aliphatic rings. The van der Waals surface area contributed by atoms with Crippen LogP contribution in [0.4, 0.5) is 0 Å². The molecule has 0 saturated heterocycles. The van der Waals surface area contributed by atoms with Crippen molar-refractivity contribution in [3.05, 3.63) is 40.2 Å². The Bertz CT molecular complexity index is 1240. The maximum atomic E-state index is 13.4. The van der Waals surface area contributed by atoms with Crippen LogP contribution in [0.5, 0.6) is 17.2 Å². The SMILES string of the molecule is COC1C(=O)C(C(C)=O)=C(O)C2(O)C(=O)c3c(cc4cc(O)c(C)c(O)c4c3O)CC12. The first-order valence-electron chi connectivity index (χ1n) is 9.45. The molecule has 31 heavy (non-hydrogen) atoms. The highest BCUT2D eigenvalue weighted by Crippen LogP contribution is 2.50. The molecule has 3 atom stereocenters. The molecule has 0 amide bonds. The van der Waals surface area contributed by atoms with Crippen LogP contribution in [0.2, 0.25) is 0 Å². The molecule has 5 N–H and O–H groups in total. The number of carbonyl (C=O) groups is 3. The van der Waals surface area contributed by atoms with Crippen molar-refractivity contribution < 1.29 is 44.7 Å². The molecule has 0 aliphatic heterocycles. The highest BCUT2D eigenvalue weighted by Gasteiger charge is 2.61. The lowest BCUT2D eigenvalue weighted by molar-refractivity contribution is -0.141. The second-order valence-electron chi connectivity index (χ2n) is 7.93. The summed E-state index contributed by atoms with van der Waals surface area (Å²) in [7, 11) is 1.18. The lowest BCUT2D eigenvalue weighted by Crippen LogP contribution is -2.61. The zero-order valence-corrected chi connectivity index (χ0v) is 16.9. The minimum Gasteiger partial charge on any atom is -0.508 e. The van der Waals surface area contributed by atoms with Crippen molar-refractivity contribution in [1.29, 1.82) is 0 Å². The number of aliphatic hydroxyl groups is 2. The molecule has 0 saturated carbocycles. The van der Waals surface area contributed by atoms with Gasteiger partial charge in [0.15, 0.2) is 17.2 Å². The molecule has 0 radical (unpaired) electrons. The van der Waals surface area contributed by atoms with Gasteiger partial charge in [-0.15, -0.1) is 0 Å². The lowest BCUT2D eigenvalue weighted by atomic mass is 9.62. The van der Waals surface area contributed by atoms with Crippen molar-refractivity contribution in [2.75, 3.05) is 7.11 Å². The number of aromatic hydroxyl groups is 3. The summed E-state index contributed by atoms with van der Waals surface area (Å²) in [5, 5.41) is 53.4. The fourth-order valence-corrected chi connectivity index (χ4v) is 4.68. The van der Waals surface area contributed by atoms with Crippen molar-refractivity contribution in [2.45, 2.75) is 32.0 Å². The smallest absolute Gasteiger partial charge is 0.206 e. The van der Waals surface area contributed by atoms with Crippen LogP contribution in [0.15, 0.2) is 23.5 Å². The number of Topliss-reactive ketones (excluding diaryl/α,β-unsaturated/α-hetero) is 3. The summed E-state index contributed by atoms with van der Waals surface area (Å²) < 4.78 is 5.20. The van der Waals surface area contributed by atoms with E-state index in [1.807, 2.05) is 0 Å². The Morgan fingerprint density at radius 1 is 1.13 bits per heavy atom. The summed E-state index contributed by atoms with van der Waals surface area (Å²) in [5.41, 5.74) is -3.47. The zero-order valence-electron chi connectivity index (χ0n) is 16.9. The summed E-state index contributed by atoms with van der Waals surface area (Å²) in [4.78, 5) is 38.1. The summed E-state index contributed by atoms with van der Waals surface area (Å²) in [6.45, 7) is 2.43. The van der Waals surface area contributed by atoms with Gasteiger partial charge in [0.05, 0.1) is 10.9 Å². The molecule has 0 fully saturated rings. The molecule has 9 heteroatoms. The van der Waals surface area contributed by atoms with Gasteiger partial charge in [-0.3, -0.25) is 14.4 Å². The van der Waals surface area contributed by atoms with Crippen LogP contribution >= 0.6 is 0 Å². The molecule has 162 valence electrons. The predicted molar refractivity (Wildman–Crippen MR) is 106 cm³/mol. The number of ketones is 3. The average Bonchev–Trinajstić information content (AvgIpc) is 2.69. The van der Waals surface area contributed by atoms with Gasteiger partial charge in [0.2, 0.25) is 5.78 Å². The molecule has 2 aliphatic carbocycles. The number of hydrogen-bond donors (Lipinski definition) is 5. The fourth-order valence-electron chi connectivity index (χ4n) is 4.68. The summed E-state index contributed by atoms with van der Waals surface area (Å²) >= 11 is 0. The number of hydrogen-bond acceptors (Lipinski definition) is 9. The number of phenols is 3. The van der Waals surface area contributed by atoms with Crippen LogP contribution < -0.4 is 0 Å². The van der Waals surface area contributed by atoms with Crippen LogP contribution in [0, 0.1) is 12.8 Å². The number of methoxy groups -OCH3 is 1. The monoisotopic (exact) mass is 428 g/mol. The number of rotatable bonds is 2. The van der Waals surface area contributed by atoms with Gasteiger partial charge in [-0.1, -0.05) is 0 Å². The molecule has 9 nitrogen and oxygen atoms in total. The zero-order chi connectivity index (χ0) is 23.0. The number of aliphatic hydroxyl groups excluding tert-OH is 1. The molecule has 0 bridgehead atoms. The minimum atomic E-state index is -2.69. The van der Waals surface area contributed by atoms with E-state index < -0.39 is 57.8 Å². The van der Waals surface area contributed by atoms with Gasteiger partial charge >= 0.3 is 0 Å². The van der Waals surface area contributed by atoms with Crippen molar-refractivity contribution in [3.8, 4) is 17.2 Å². The van der Waals surface area contributed by atoms with E-state index in [0.717, 1.165) is 6.92 Å². The van der Waals surface area contributed by atoms with E-state index in [1.54, 1.807) is 0 Å². The van der Waals surface area contributed by atoms with Gasteiger partial charge in [-0.2, -0.15) is 0 Å². The van der Waals surface area contributed by atoms with Crippen molar-refractivity contribution >= 4 is 28.1 Å². The predicted octanol–water partition coefficient (Wildman–Crippen LogP) is 1.35. The molecule has 4 rings (SSSR count). The van der Waals surface area contributed by atoms with Crippen LogP contribution in [0.25, 0.3) is 10.8 Å². The Morgan fingerprint density at radius 2 is 1.77 bits per heavy atom. The summed E-state index contributed by atoms with van der Waals surface area (Å²) in [6.07, 6.45) is -1.56. The number of phenolic OH excluding ortho intramolecular Hbond substituents is 3. The normalized spacial score (nSPS) is 25.5. The summed E-state index contributed by atoms with van der Waals surface area (Å²) in [6, 6.07) is 2.75. The average molecular weight is 428 g/mol. The molecule has 2 aromatic rings. The number of benzene rings is 2. The first-order chi connectivity index (χ1) is 14.5. The van der Waals surface area contributed by atoms with E-state index in [1.165, 1.54) is 26.2 Å². The number of ether oxygens (including phenoxy) is 1. The Morgan fingerprint density at radius 3 is 2.35 bits per heavy atom. The maximum Gasteiger partial charge on any atom is 0.206 e. The molecule has 3 unspecified atom stereocenters. The van der Waals surface area contributed by atoms with Crippen molar-refractivity contribution in [3.63, 3.8) is 0 Å². The minimum absolute atomic E-state index is 0.0758. The molecular formula is C22H20O9. The fraction of sp³-hybridized carbons (Fsp3) is 0.318. The Balaban J connectivity index is 2.07. The molecule has 0 aromatic heterocycles. The van der Waals surface area contributed by atoms with Gasteiger partial charge in [-0.25, -0.2) is 0 Å². The van der Waals surface area contributed by atoms with E-state index in [4.69, 9.17) is 4.74 Å². The molecule has 0 heterocycles. The van der Waals surface area contributed by atoms with Crippen LogP contribution in [-0.2, 0) is 20.7 Å². The van der Waals surface area contributed by atoms with Gasteiger partial charge in [0.25, 0.3) is 0 Å². The number of carbonyl (C=O) groups excluding carboxylic acids is 3. The van der Waals surface area contributed by atoms with Gasteiger partial charge in [0, 0.05) is 18.6 Å². The molecule has 2 aromatic carbocycles. The van der Waals surface area contributed by atoms with E-state index in [0.29, 0.717) is 0 Å². The summed E-state index contributed by atoms with van der Waals surface area (Å²) in [5.74, 6) is -6.49. The lowest BCUT2D eigenvalue weighted by Gasteiger charge is -2.45.